The molecule has 118 valence electrons. The Hall–Kier alpha value is -2.82. The number of halogens is 1. The van der Waals surface area contributed by atoms with E-state index in [4.69, 9.17) is 10.5 Å². The van der Waals surface area contributed by atoms with Crippen molar-refractivity contribution in [1.82, 2.24) is 4.57 Å². The molecule has 2 aromatic carbocycles. The lowest BCUT2D eigenvalue weighted by Gasteiger charge is -2.11. The predicted octanol–water partition coefficient (Wildman–Crippen LogP) is 3.13. The molecule has 4 nitrogen and oxygen atoms in total. The number of hydrogen-bond acceptors (Lipinski definition) is 3. The molecule has 0 fully saturated rings. The summed E-state index contributed by atoms with van der Waals surface area (Å²) in [5.41, 5.74) is 7.18. The number of aromatic nitrogens is 1. The monoisotopic (exact) mass is 312 g/mol. The van der Waals surface area contributed by atoms with Crippen molar-refractivity contribution in [2.24, 2.45) is 0 Å². The van der Waals surface area contributed by atoms with Crippen LogP contribution >= 0.6 is 0 Å². The van der Waals surface area contributed by atoms with Gasteiger partial charge in [-0.25, -0.2) is 4.39 Å². The minimum atomic E-state index is -0.867. The minimum absolute atomic E-state index is 0.0635. The Morgan fingerprint density at radius 1 is 1.13 bits per heavy atom. The van der Waals surface area contributed by atoms with Gasteiger partial charge in [-0.05, 0) is 47.7 Å². The summed E-state index contributed by atoms with van der Waals surface area (Å²) in [6.45, 7) is -0.375. The molecule has 0 saturated heterocycles. The summed E-state index contributed by atoms with van der Waals surface area (Å²) in [6.07, 6.45) is 2.33. The highest BCUT2D eigenvalue weighted by Crippen LogP contribution is 2.19. The second kappa shape index (κ2) is 6.52. The van der Waals surface area contributed by atoms with Crippen molar-refractivity contribution in [2.75, 3.05) is 12.6 Å². The molecule has 5 heteroatoms. The Balaban J connectivity index is 1.87. The Kier molecular flexibility index (Phi) is 4.28. The fourth-order valence-electron chi connectivity index (χ4n) is 2.63. The predicted molar refractivity (Wildman–Crippen MR) is 89.4 cm³/mol. The molecule has 1 heterocycles. The van der Waals surface area contributed by atoms with E-state index in [1.165, 1.54) is 0 Å². The van der Waals surface area contributed by atoms with Crippen LogP contribution in [0.4, 0.5) is 10.1 Å². The number of rotatable bonds is 5. The van der Waals surface area contributed by atoms with Gasteiger partial charge in [0, 0.05) is 23.8 Å². The number of alkyl halides is 1. The molecule has 1 aromatic heterocycles. The standard InChI is InChI=1S/C18H17FN2O2/c19-12-23-17-4-2-1-3-13(17)7-9-21-10-8-14-11-15(20)5-6-16(14)18(21)22/h1-6,8,10-11H,7,9,12,20H2. The molecule has 0 aliphatic carbocycles. The van der Waals surface area contributed by atoms with Gasteiger partial charge in [0.05, 0.1) is 0 Å². The number of aryl methyl sites for hydroxylation is 2. The van der Waals surface area contributed by atoms with E-state index in [2.05, 4.69) is 0 Å². The van der Waals surface area contributed by atoms with E-state index >= 15 is 0 Å². The fourth-order valence-corrected chi connectivity index (χ4v) is 2.63. The zero-order chi connectivity index (χ0) is 16.2. The van der Waals surface area contributed by atoms with Gasteiger partial charge in [-0.1, -0.05) is 18.2 Å². The van der Waals surface area contributed by atoms with Crippen molar-refractivity contribution >= 4 is 16.5 Å². The molecule has 0 bridgehead atoms. The lowest BCUT2D eigenvalue weighted by Crippen LogP contribution is -2.20. The van der Waals surface area contributed by atoms with Gasteiger partial charge in [-0.2, -0.15) is 0 Å². The van der Waals surface area contributed by atoms with Gasteiger partial charge >= 0.3 is 0 Å². The fraction of sp³-hybridized carbons (Fsp3) is 0.167. The van der Waals surface area contributed by atoms with Crippen LogP contribution in [0.1, 0.15) is 5.56 Å². The zero-order valence-corrected chi connectivity index (χ0v) is 12.5. The van der Waals surface area contributed by atoms with Gasteiger partial charge < -0.3 is 15.0 Å². The highest BCUT2D eigenvalue weighted by molar-refractivity contribution is 5.84. The van der Waals surface area contributed by atoms with Gasteiger partial charge in [-0.3, -0.25) is 4.79 Å². The van der Waals surface area contributed by atoms with Gasteiger partial charge in [-0.15, -0.1) is 0 Å². The Morgan fingerprint density at radius 2 is 1.96 bits per heavy atom. The molecule has 0 amide bonds. The molecular formula is C18H17FN2O2. The summed E-state index contributed by atoms with van der Waals surface area (Å²) in [6, 6.07) is 14.4. The first-order valence-corrected chi connectivity index (χ1v) is 7.34. The summed E-state index contributed by atoms with van der Waals surface area (Å²) >= 11 is 0. The van der Waals surface area contributed by atoms with Crippen molar-refractivity contribution < 1.29 is 9.13 Å². The number of ether oxygens (including phenoxy) is 1. The maximum absolute atomic E-state index is 12.5. The average Bonchev–Trinajstić information content (AvgIpc) is 2.56. The second-order valence-electron chi connectivity index (χ2n) is 5.27. The molecule has 0 atom stereocenters. The van der Waals surface area contributed by atoms with Gasteiger partial charge in [0.1, 0.15) is 5.75 Å². The lowest BCUT2D eigenvalue weighted by molar-refractivity contribution is 0.190. The Morgan fingerprint density at radius 3 is 2.78 bits per heavy atom. The topological polar surface area (TPSA) is 57.2 Å². The number of hydrogen-bond donors (Lipinski definition) is 1. The zero-order valence-electron chi connectivity index (χ0n) is 12.5. The first-order valence-electron chi connectivity index (χ1n) is 7.34. The van der Waals surface area contributed by atoms with Crippen molar-refractivity contribution in [3.8, 4) is 5.75 Å². The normalized spacial score (nSPS) is 10.8. The first-order chi connectivity index (χ1) is 11.2. The van der Waals surface area contributed by atoms with E-state index < -0.39 is 6.86 Å². The third kappa shape index (κ3) is 3.18. The number of benzene rings is 2. The van der Waals surface area contributed by atoms with Gasteiger partial charge in [0.2, 0.25) is 6.86 Å². The molecular weight excluding hydrogens is 295 g/mol. The van der Waals surface area contributed by atoms with Crippen LogP contribution in [0, 0.1) is 0 Å². The second-order valence-corrected chi connectivity index (χ2v) is 5.27. The summed E-state index contributed by atoms with van der Waals surface area (Å²) in [5.74, 6) is 0.511. The number of nitrogens with zero attached hydrogens (tertiary/aromatic N) is 1. The number of para-hydroxylation sites is 1. The molecule has 3 rings (SSSR count). The molecule has 2 N–H and O–H groups in total. The number of anilines is 1. The highest BCUT2D eigenvalue weighted by Gasteiger charge is 2.06. The number of fused-ring (bicyclic) bond motifs is 1. The molecule has 0 saturated carbocycles. The number of nitrogens with two attached hydrogens (primary N) is 1. The largest absolute Gasteiger partial charge is 0.463 e. The van der Waals surface area contributed by atoms with E-state index in [0.29, 0.717) is 29.8 Å². The molecule has 0 unspecified atom stereocenters. The highest BCUT2D eigenvalue weighted by atomic mass is 19.1. The minimum Gasteiger partial charge on any atom is -0.463 e. The summed E-state index contributed by atoms with van der Waals surface area (Å²) < 4.78 is 19.0. The Labute approximate surface area is 132 Å². The molecule has 3 aromatic rings. The third-order valence-corrected chi connectivity index (χ3v) is 3.81. The molecule has 0 radical (unpaired) electrons. The molecule has 0 aliphatic rings. The molecule has 0 aliphatic heterocycles. The van der Waals surface area contributed by atoms with Gasteiger partial charge in [0.25, 0.3) is 5.56 Å². The van der Waals surface area contributed by atoms with Crippen LogP contribution in [0.2, 0.25) is 0 Å². The van der Waals surface area contributed by atoms with Crippen LogP contribution in [0.3, 0.4) is 0 Å². The van der Waals surface area contributed by atoms with E-state index in [1.807, 2.05) is 18.2 Å². The van der Waals surface area contributed by atoms with Crippen LogP contribution in [-0.4, -0.2) is 11.4 Å². The third-order valence-electron chi connectivity index (χ3n) is 3.81. The maximum Gasteiger partial charge on any atom is 0.258 e. The summed E-state index contributed by atoms with van der Waals surface area (Å²) in [7, 11) is 0. The quantitative estimate of drug-likeness (QED) is 0.736. The molecule has 23 heavy (non-hydrogen) atoms. The first kappa shape index (κ1) is 15.1. The number of pyridine rings is 1. The lowest BCUT2D eigenvalue weighted by atomic mass is 10.1. The van der Waals surface area contributed by atoms with Crippen LogP contribution < -0.4 is 16.0 Å². The van der Waals surface area contributed by atoms with Crippen molar-refractivity contribution in [3.63, 3.8) is 0 Å². The summed E-state index contributed by atoms with van der Waals surface area (Å²) in [4.78, 5) is 12.5. The van der Waals surface area contributed by atoms with Crippen LogP contribution in [-0.2, 0) is 13.0 Å². The van der Waals surface area contributed by atoms with Gasteiger partial charge in [0.15, 0.2) is 0 Å². The van der Waals surface area contributed by atoms with E-state index in [1.54, 1.807) is 41.1 Å². The maximum atomic E-state index is 12.5. The molecule has 0 spiro atoms. The SMILES string of the molecule is Nc1ccc2c(=O)n(CCc3ccccc3OCF)ccc2c1. The van der Waals surface area contributed by atoms with Crippen LogP contribution in [0.25, 0.3) is 10.8 Å². The summed E-state index contributed by atoms with van der Waals surface area (Å²) in [5, 5.41) is 1.46. The van der Waals surface area contributed by atoms with E-state index in [0.717, 1.165) is 10.9 Å². The smallest absolute Gasteiger partial charge is 0.258 e. The Bertz CT molecular complexity index is 890. The average molecular weight is 312 g/mol. The van der Waals surface area contributed by atoms with Crippen molar-refractivity contribution in [3.05, 3.63) is 70.6 Å². The van der Waals surface area contributed by atoms with Crippen molar-refractivity contribution in [1.29, 1.82) is 0 Å². The van der Waals surface area contributed by atoms with Crippen LogP contribution in [0.5, 0.6) is 5.75 Å². The van der Waals surface area contributed by atoms with E-state index in [9.17, 15) is 9.18 Å². The number of nitrogen functional groups attached to an aromatic ring is 1. The van der Waals surface area contributed by atoms with E-state index in [-0.39, 0.29) is 5.56 Å². The van der Waals surface area contributed by atoms with Crippen molar-refractivity contribution in [2.45, 2.75) is 13.0 Å². The van der Waals surface area contributed by atoms with Crippen LogP contribution in [0.15, 0.2) is 59.5 Å².